The van der Waals surface area contributed by atoms with E-state index in [1.807, 2.05) is 6.92 Å². The van der Waals surface area contributed by atoms with Crippen LogP contribution in [0.4, 0.5) is 0 Å². The maximum atomic E-state index is 11.3. The molecule has 0 fully saturated rings. The van der Waals surface area contributed by atoms with Crippen LogP contribution in [0.25, 0.3) is 0 Å². The van der Waals surface area contributed by atoms with Crippen LogP contribution in [0.5, 0.6) is 0 Å². The summed E-state index contributed by atoms with van der Waals surface area (Å²) in [5.74, 6) is -0.384. The summed E-state index contributed by atoms with van der Waals surface area (Å²) in [7, 11) is 0. The average molecular weight is 261 g/mol. The number of hydrazone groups is 1. The molecule has 1 amide bonds. The first-order valence-electron chi connectivity index (χ1n) is 3.88. The van der Waals surface area contributed by atoms with Crippen LogP contribution in [0.2, 0.25) is 0 Å². The molecule has 0 bridgehead atoms. The highest BCUT2D eigenvalue weighted by atomic mass is 79.9. The Hall–Kier alpha value is -1.37. The fourth-order valence-corrected chi connectivity index (χ4v) is 1.05. The van der Waals surface area contributed by atoms with Gasteiger partial charge in [-0.3, -0.25) is 9.89 Å². The van der Waals surface area contributed by atoms with Gasteiger partial charge in [0.25, 0.3) is 5.91 Å². The van der Waals surface area contributed by atoms with E-state index < -0.39 is 0 Å². The quantitative estimate of drug-likeness (QED) is 0.479. The number of hydrogen-bond donors (Lipinski definition) is 2. The number of halogens is 1. The molecule has 6 nitrogen and oxygen atoms in total. The Labute approximate surface area is 88.8 Å². The number of H-pyrrole nitrogens is 1. The second-order valence-corrected chi connectivity index (χ2v) is 3.08. The Morgan fingerprint density at radius 1 is 1.93 bits per heavy atom. The smallest absolute Gasteiger partial charge is 0.290 e. The minimum Gasteiger partial charge on any atom is -0.482 e. The molecular formula is C7H9BrN4O2. The molecule has 0 aromatic carbocycles. The topological polar surface area (TPSA) is 79.4 Å². The lowest BCUT2D eigenvalue weighted by atomic mass is 10.4. The number of nitrogens with one attached hydrogen (secondary N) is 2. The number of aromatic nitrogens is 2. The molecule has 0 saturated carbocycles. The summed E-state index contributed by atoms with van der Waals surface area (Å²) in [5.41, 5.74) is 2.58. The average Bonchev–Trinajstić information content (AvgIpc) is 2.59. The van der Waals surface area contributed by atoms with Gasteiger partial charge in [-0.15, -0.1) is 5.10 Å². The molecule has 76 valence electrons. The van der Waals surface area contributed by atoms with Gasteiger partial charge in [-0.25, -0.2) is 5.43 Å². The second-order valence-electron chi connectivity index (χ2n) is 2.22. The summed E-state index contributed by atoms with van der Waals surface area (Å²) in [6.07, 6.45) is 2.66. The van der Waals surface area contributed by atoms with E-state index in [0.717, 1.165) is 0 Å². The second kappa shape index (κ2) is 5.38. The Morgan fingerprint density at radius 3 is 3.29 bits per heavy atom. The minimum atomic E-state index is -0.384. The Morgan fingerprint density at radius 2 is 2.71 bits per heavy atom. The van der Waals surface area contributed by atoms with Crippen LogP contribution in [0.3, 0.4) is 0 Å². The molecule has 0 radical (unpaired) electrons. The zero-order valence-corrected chi connectivity index (χ0v) is 9.04. The molecule has 0 atom stereocenters. The summed E-state index contributed by atoms with van der Waals surface area (Å²) in [6, 6.07) is 0. The highest BCUT2D eigenvalue weighted by molar-refractivity contribution is 9.10. The molecule has 0 aliphatic heterocycles. The Balaban J connectivity index is 2.47. The summed E-state index contributed by atoms with van der Waals surface area (Å²) >= 11 is 3.15. The SMILES string of the molecule is CCO/C=N/NC(=O)c1[nH]ncc1Br. The van der Waals surface area contributed by atoms with E-state index in [-0.39, 0.29) is 5.91 Å². The van der Waals surface area contributed by atoms with Crippen molar-refractivity contribution in [2.45, 2.75) is 6.92 Å². The van der Waals surface area contributed by atoms with Crippen LogP contribution in [0.15, 0.2) is 15.8 Å². The van der Waals surface area contributed by atoms with Gasteiger partial charge in [0.05, 0.1) is 17.3 Å². The summed E-state index contributed by atoms with van der Waals surface area (Å²) in [5, 5.41) is 9.74. The van der Waals surface area contributed by atoms with Crippen molar-refractivity contribution < 1.29 is 9.53 Å². The lowest BCUT2D eigenvalue weighted by Crippen LogP contribution is -2.18. The molecule has 1 aromatic heterocycles. The minimum absolute atomic E-state index is 0.318. The first-order valence-corrected chi connectivity index (χ1v) is 4.67. The maximum absolute atomic E-state index is 11.3. The van der Waals surface area contributed by atoms with E-state index in [0.29, 0.717) is 16.8 Å². The maximum Gasteiger partial charge on any atom is 0.290 e. The predicted octanol–water partition coefficient (Wildman–Crippen LogP) is 0.882. The molecule has 0 aliphatic rings. The normalized spacial score (nSPS) is 10.4. The molecule has 1 rings (SSSR count). The predicted molar refractivity (Wildman–Crippen MR) is 53.9 cm³/mol. The van der Waals surface area contributed by atoms with Crippen molar-refractivity contribution in [1.29, 1.82) is 0 Å². The van der Waals surface area contributed by atoms with E-state index in [4.69, 9.17) is 4.74 Å². The Bertz CT molecular complexity index is 336. The highest BCUT2D eigenvalue weighted by Gasteiger charge is 2.10. The molecule has 0 saturated heterocycles. The zero-order valence-electron chi connectivity index (χ0n) is 7.45. The lowest BCUT2D eigenvalue weighted by Gasteiger charge is -1.96. The van der Waals surface area contributed by atoms with Crippen LogP contribution in [0.1, 0.15) is 17.4 Å². The molecule has 1 aromatic rings. The van der Waals surface area contributed by atoms with Gasteiger partial charge < -0.3 is 4.74 Å². The number of nitrogens with zero attached hydrogens (tertiary/aromatic N) is 2. The summed E-state index contributed by atoms with van der Waals surface area (Å²) in [4.78, 5) is 11.3. The van der Waals surface area contributed by atoms with Crippen molar-refractivity contribution in [2.75, 3.05) is 6.61 Å². The molecule has 0 aliphatic carbocycles. The van der Waals surface area contributed by atoms with Crippen LogP contribution in [-0.4, -0.2) is 29.1 Å². The van der Waals surface area contributed by atoms with Crippen LogP contribution in [0, 0.1) is 0 Å². The molecular weight excluding hydrogens is 252 g/mol. The van der Waals surface area contributed by atoms with Gasteiger partial charge in [0.2, 0.25) is 0 Å². The molecule has 14 heavy (non-hydrogen) atoms. The van der Waals surface area contributed by atoms with Gasteiger partial charge in [0.1, 0.15) is 5.69 Å². The van der Waals surface area contributed by atoms with E-state index in [9.17, 15) is 4.79 Å². The fourth-order valence-electron chi connectivity index (χ4n) is 0.683. The van der Waals surface area contributed by atoms with Gasteiger partial charge in [-0.05, 0) is 22.9 Å². The largest absolute Gasteiger partial charge is 0.482 e. The zero-order chi connectivity index (χ0) is 10.4. The van der Waals surface area contributed by atoms with Gasteiger partial charge in [-0.2, -0.15) is 5.10 Å². The number of carbonyl (C=O) groups excluding carboxylic acids is 1. The van der Waals surface area contributed by atoms with Crippen molar-refractivity contribution in [3.8, 4) is 0 Å². The third kappa shape index (κ3) is 2.84. The number of carbonyl (C=O) groups is 1. The van der Waals surface area contributed by atoms with Crippen molar-refractivity contribution in [3.05, 3.63) is 16.4 Å². The number of hydrogen-bond acceptors (Lipinski definition) is 4. The van der Waals surface area contributed by atoms with Crippen molar-refractivity contribution in [3.63, 3.8) is 0 Å². The van der Waals surface area contributed by atoms with E-state index in [1.165, 1.54) is 12.6 Å². The monoisotopic (exact) mass is 260 g/mol. The molecule has 1 heterocycles. The van der Waals surface area contributed by atoms with Crippen molar-refractivity contribution >= 4 is 28.2 Å². The third-order valence-corrected chi connectivity index (χ3v) is 1.88. The van der Waals surface area contributed by atoms with Crippen LogP contribution < -0.4 is 5.43 Å². The summed E-state index contributed by atoms with van der Waals surface area (Å²) in [6.45, 7) is 2.33. The molecule has 0 spiro atoms. The van der Waals surface area contributed by atoms with Crippen molar-refractivity contribution in [1.82, 2.24) is 15.6 Å². The van der Waals surface area contributed by atoms with Gasteiger partial charge in [0.15, 0.2) is 6.40 Å². The molecule has 2 N–H and O–H groups in total. The third-order valence-electron chi connectivity index (χ3n) is 1.28. The van der Waals surface area contributed by atoms with Gasteiger partial charge >= 0.3 is 0 Å². The highest BCUT2D eigenvalue weighted by Crippen LogP contribution is 2.11. The first-order chi connectivity index (χ1) is 6.75. The van der Waals surface area contributed by atoms with Gasteiger partial charge in [0, 0.05) is 0 Å². The van der Waals surface area contributed by atoms with Crippen LogP contribution in [-0.2, 0) is 4.74 Å². The molecule has 0 unspecified atom stereocenters. The summed E-state index contributed by atoms with van der Waals surface area (Å²) < 4.78 is 5.37. The van der Waals surface area contributed by atoms with Gasteiger partial charge in [-0.1, -0.05) is 0 Å². The first kappa shape index (κ1) is 10.7. The standard InChI is InChI=1S/C7H9BrN4O2/c1-2-14-4-10-12-7(13)6-5(8)3-9-11-6/h3-4H,2H2,1H3,(H,9,11)(H,12,13)/b10-4+. The van der Waals surface area contributed by atoms with E-state index in [2.05, 4.69) is 36.7 Å². The number of rotatable bonds is 4. The van der Waals surface area contributed by atoms with Crippen LogP contribution >= 0.6 is 15.9 Å². The van der Waals surface area contributed by atoms with Crippen molar-refractivity contribution in [2.24, 2.45) is 5.10 Å². The van der Waals surface area contributed by atoms with E-state index in [1.54, 1.807) is 0 Å². The Kier molecular flexibility index (Phi) is 4.11. The number of amides is 1. The fraction of sp³-hybridized carbons (Fsp3) is 0.286. The lowest BCUT2D eigenvalue weighted by molar-refractivity contribution is 0.0948. The van der Waals surface area contributed by atoms with E-state index >= 15 is 0 Å². The molecule has 7 heteroatoms. The number of aromatic amines is 1. The number of ether oxygens (including phenoxy) is 1.